The second kappa shape index (κ2) is 7.43. The second-order valence-electron chi connectivity index (χ2n) is 6.21. The highest BCUT2D eigenvalue weighted by atomic mass is 35.5. The van der Waals surface area contributed by atoms with E-state index >= 15 is 0 Å². The van der Waals surface area contributed by atoms with Crippen molar-refractivity contribution in [1.29, 1.82) is 0 Å². The molecule has 10 heteroatoms. The lowest BCUT2D eigenvalue weighted by Crippen LogP contribution is -2.41. The number of urea groups is 1. The summed E-state index contributed by atoms with van der Waals surface area (Å²) in [6, 6.07) is 8.66. The third-order valence-corrected chi connectivity index (χ3v) is 4.69. The molecule has 2 aromatic rings. The van der Waals surface area contributed by atoms with E-state index in [2.05, 4.69) is 5.32 Å². The van der Waals surface area contributed by atoms with E-state index < -0.39 is 28.2 Å². The van der Waals surface area contributed by atoms with Gasteiger partial charge in [-0.2, -0.15) is 0 Å². The van der Waals surface area contributed by atoms with Gasteiger partial charge in [-0.3, -0.25) is 19.8 Å². The highest BCUT2D eigenvalue weighted by Gasteiger charge is 2.49. The van der Waals surface area contributed by atoms with E-state index in [0.29, 0.717) is 0 Å². The van der Waals surface area contributed by atoms with Gasteiger partial charge in [-0.05, 0) is 25.1 Å². The zero-order valence-corrected chi connectivity index (χ0v) is 15.4. The van der Waals surface area contributed by atoms with Crippen LogP contribution in [0.4, 0.5) is 14.9 Å². The van der Waals surface area contributed by atoms with Gasteiger partial charge in [-0.25, -0.2) is 9.18 Å². The molecule has 1 atom stereocenters. The number of nitrogens with zero attached hydrogens (tertiary/aromatic N) is 2. The summed E-state index contributed by atoms with van der Waals surface area (Å²) >= 11 is 6.04. The van der Waals surface area contributed by atoms with Crippen LogP contribution in [0, 0.1) is 15.9 Å². The van der Waals surface area contributed by atoms with Crippen molar-refractivity contribution >= 4 is 29.2 Å². The van der Waals surface area contributed by atoms with E-state index in [0.717, 1.165) is 17.0 Å². The molecule has 0 spiro atoms. The molecule has 1 heterocycles. The highest BCUT2D eigenvalue weighted by molar-refractivity contribution is 6.32. The fourth-order valence-corrected chi connectivity index (χ4v) is 3.31. The van der Waals surface area contributed by atoms with Crippen molar-refractivity contribution in [3.05, 3.63) is 69.0 Å². The molecule has 1 aliphatic heterocycles. The summed E-state index contributed by atoms with van der Waals surface area (Å²) in [5.74, 6) is -1.12. The molecule has 3 rings (SSSR count). The fourth-order valence-electron chi connectivity index (χ4n) is 2.95. The smallest absolute Gasteiger partial charge is 0.325 e. The minimum atomic E-state index is -1.46. The summed E-state index contributed by atoms with van der Waals surface area (Å²) in [5, 5.41) is 13.6. The van der Waals surface area contributed by atoms with E-state index in [4.69, 9.17) is 16.3 Å². The van der Waals surface area contributed by atoms with Gasteiger partial charge in [0.05, 0.1) is 11.5 Å². The molecule has 1 unspecified atom stereocenters. The zero-order chi connectivity index (χ0) is 20.5. The van der Waals surface area contributed by atoms with Crippen LogP contribution >= 0.6 is 11.6 Å². The lowest BCUT2D eigenvalue weighted by molar-refractivity contribution is -0.385. The van der Waals surface area contributed by atoms with Crippen LogP contribution in [0.3, 0.4) is 0 Å². The highest BCUT2D eigenvalue weighted by Crippen LogP contribution is 2.34. The van der Waals surface area contributed by atoms with Gasteiger partial charge in [0.25, 0.3) is 5.91 Å². The average molecular weight is 408 g/mol. The second-order valence-corrected chi connectivity index (χ2v) is 6.62. The number of nitro benzene ring substituents is 1. The molecule has 1 saturated heterocycles. The standard InChI is InChI=1S/C18H15ClFN3O5/c1-18(12-7-6-11(20)10-13(12)19)16(24)22(17(25)21-18)8-9-28-15-5-3-2-4-14(15)23(26)27/h2-7,10H,8-9H2,1H3,(H,21,25). The molecular weight excluding hydrogens is 393 g/mol. The maximum atomic E-state index is 13.3. The number of carbonyl (C=O) groups excluding carboxylic acids is 2. The summed E-state index contributed by atoms with van der Waals surface area (Å²) in [5.41, 5.74) is -1.42. The number of nitro groups is 1. The van der Waals surface area contributed by atoms with Crippen molar-refractivity contribution in [2.75, 3.05) is 13.2 Å². The first-order valence-corrected chi connectivity index (χ1v) is 8.57. The van der Waals surface area contributed by atoms with Crippen LogP contribution in [0.1, 0.15) is 12.5 Å². The van der Waals surface area contributed by atoms with Crippen LogP contribution < -0.4 is 10.1 Å². The van der Waals surface area contributed by atoms with Crippen molar-refractivity contribution in [1.82, 2.24) is 10.2 Å². The molecule has 8 nitrogen and oxygen atoms in total. The van der Waals surface area contributed by atoms with E-state index in [9.17, 15) is 24.1 Å². The first-order chi connectivity index (χ1) is 13.2. The number of nitrogens with one attached hydrogen (secondary N) is 1. The van der Waals surface area contributed by atoms with E-state index in [1.807, 2.05) is 0 Å². The maximum Gasteiger partial charge on any atom is 0.325 e. The van der Waals surface area contributed by atoms with Gasteiger partial charge < -0.3 is 10.1 Å². The zero-order valence-electron chi connectivity index (χ0n) is 14.6. The molecule has 3 amide bonds. The summed E-state index contributed by atoms with van der Waals surface area (Å²) in [6.45, 7) is 1.19. The topological polar surface area (TPSA) is 102 Å². The number of para-hydroxylation sites is 2. The molecule has 0 aromatic heterocycles. The van der Waals surface area contributed by atoms with E-state index in [1.165, 1.54) is 31.2 Å². The molecule has 1 fully saturated rings. The Morgan fingerprint density at radius 1 is 1.29 bits per heavy atom. The molecule has 1 N–H and O–H groups in total. The quantitative estimate of drug-likeness (QED) is 0.450. The molecule has 0 aliphatic carbocycles. The summed E-state index contributed by atoms with van der Waals surface area (Å²) in [7, 11) is 0. The van der Waals surface area contributed by atoms with Crippen molar-refractivity contribution < 1.29 is 23.6 Å². The number of carbonyl (C=O) groups is 2. The Morgan fingerprint density at radius 3 is 2.68 bits per heavy atom. The van der Waals surface area contributed by atoms with Crippen molar-refractivity contribution in [3.63, 3.8) is 0 Å². The minimum Gasteiger partial charge on any atom is -0.485 e. The Labute approximate surface area is 164 Å². The maximum absolute atomic E-state index is 13.3. The predicted molar refractivity (Wildman–Crippen MR) is 97.6 cm³/mol. The van der Waals surface area contributed by atoms with Crippen LogP contribution in [0.5, 0.6) is 5.75 Å². The van der Waals surface area contributed by atoms with Crippen molar-refractivity contribution in [3.8, 4) is 5.75 Å². The Morgan fingerprint density at radius 2 is 2.00 bits per heavy atom. The Hall–Kier alpha value is -3.20. The third-order valence-electron chi connectivity index (χ3n) is 4.38. The van der Waals surface area contributed by atoms with Gasteiger partial charge in [0.2, 0.25) is 0 Å². The molecule has 1 aliphatic rings. The van der Waals surface area contributed by atoms with Crippen molar-refractivity contribution in [2.45, 2.75) is 12.5 Å². The first kappa shape index (κ1) is 19.6. The first-order valence-electron chi connectivity index (χ1n) is 8.20. The fraction of sp³-hybridized carbons (Fsp3) is 0.222. The third kappa shape index (κ3) is 3.48. The van der Waals surface area contributed by atoms with Crippen LogP contribution in [0.2, 0.25) is 5.02 Å². The summed E-state index contributed by atoms with van der Waals surface area (Å²) < 4.78 is 18.7. The molecular formula is C18H15ClFN3O5. The number of rotatable bonds is 6. The number of hydrogen-bond acceptors (Lipinski definition) is 5. The van der Waals surface area contributed by atoms with Crippen LogP contribution in [-0.4, -0.2) is 34.9 Å². The van der Waals surface area contributed by atoms with Gasteiger partial charge in [0.15, 0.2) is 5.75 Å². The normalized spacial score (nSPS) is 18.9. The lowest BCUT2D eigenvalue weighted by Gasteiger charge is -2.23. The average Bonchev–Trinajstić information content (AvgIpc) is 2.85. The molecule has 2 aromatic carbocycles. The van der Waals surface area contributed by atoms with Crippen LogP contribution in [0.25, 0.3) is 0 Å². The number of imide groups is 1. The molecule has 0 radical (unpaired) electrons. The molecule has 28 heavy (non-hydrogen) atoms. The number of halogens is 2. The van der Waals surface area contributed by atoms with Crippen LogP contribution in [0.15, 0.2) is 42.5 Å². The monoisotopic (exact) mass is 407 g/mol. The van der Waals surface area contributed by atoms with Gasteiger partial charge in [-0.15, -0.1) is 0 Å². The van der Waals surface area contributed by atoms with Gasteiger partial charge in [0, 0.05) is 16.7 Å². The molecule has 0 saturated carbocycles. The Bertz CT molecular complexity index is 970. The number of ether oxygens (including phenoxy) is 1. The minimum absolute atomic E-state index is 0.00848. The number of hydrogen-bond donors (Lipinski definition) is 1. The van der Waals surface area contributed by atoms with E-state index in [1.54, 1.807) is 6.07 Å². The van der Waals surface area contributed by atoms with Crippen molar-refractivity contribution in [2.24, 2.45) is 0 Å². The lowest BCUT2D eigenvalue weighted by atomic mass is 9.92. The molecule has 146 valence electrons. The predicted octanol–water partition coefficient (Wildman–Crippen LogP) is 3.23. The number of amides is 3. The Balaban J connectivity index is 1.73. The SMILES string of the molecule is CC1(c2ccc(F)cc2Cl)NC(=O)N(CCOc2ccccc2[N+](=O)[O-])C1=O. The Kier molecular flexibility index (Phi) is 5.19. The van der Waals surface area contributed by atoms with E-state index in [-0.39, 0.29) is 35.2 Å². The summed E-state index contributed by atoms with van der Waals surface area (Å²) in [4.78, 5) is 36.4. The molecule has 0 bridgehead atoms. The van der Waals surface area contributed by atoms with Gasteiger partial charge in [0.1, 0.15) is 18.0 Å². The largest absolute Gasteiger partial charge is 0.485 e. The van der Waals surface area contributed by atoms with Gasteiger partial charge in [-0.1, -0.05) is 29.8 Å². The summed E-state index contributed by atoms with van der Waals surface area (Å²) in [6.07, 6.45) is 0. The van der Waals surface area contributed by atoms with Gasteiger partial charge >= 0.3 is 11.7 Å². The van der Waals surface area contributed by atoms with Crippen LogP contribution in [-0.2, 0) is 10.3 Å². The number of benzene rings is 2.